The Morgan fingerprint density at radius 3 is 2.69 bits per heavy atom. The number of halogens is 1. The third kappa shape index (κ3) is 7.33. The Balaban J connectivity index is 4.12. The minimum Gasteiger partial charge on any atom is -0.498 e. The molecule has 16 heavy (non-hydrogen) atoms. The smallest absolute Gasteiger partial charge is 0.151 e. The highest BCUT2D eigenvalue weighted by Gasteiger charge is 2.02. The Morgan fingerprint density at radius 1 is 1.50 bits per heavy atom. The van der Waals surface area contributed by atoms with Crippen molar-refractivity contribution < 1.29 is 9.13 Å². The van der Waals surface area contributed by atoms with Gasteiger partial charge in [-0.2, -0.15) is 0 Å². The zero-order chi connectivity index (χ0) is 12.4. The molecule has 0 aromatic rings. The number of hydrogen-bond donors (Lipinski definition) is 0. The van der Waals surface area contributed by atoms with Gasteiger partial charge in [0.05, 0.1) is 6.61 Å². The summed E-state index contributed by atoms with van der Waals surface area (Å²) in [7, 11) is 1.75. The number of allylic oxidation sites excluding steroid dienone is 3. The lowest BCUT2D eigenvalue weighted by Crippen LogP contribution is -1.95. The second-order valence-electron chi connectivity index (χ2n) is 3.78. The van der Waals surface area contributed by atoms with Gasteiger partial charge in [0.2, 0.25) is 0 Å². The molecule has 0 saturated carbocycles. The monoisotopic (exact) mass is 223 g/mol. The normalized spacial score (nSPS) is 12.5. The van der Waals surface area contributed by atoms with Crippen LogP contribution < -0.4 is 0 Å². The summed E-state index contributed by atoms with van der Waals surface area (Å²) in [5, 5.41) is 0. The van der Waals surface area contributed by atoms with Crippen molar-refractivity contribution in [1.29, 1.82) is 0 Å². The Bertz CT molecular complexity index is 269. The Morgan fingerprint density at radius 2 is 2.19 bits per heavy atom. The van der Waals surface area contributed by atoms with Gasteiger partial charge in [0.1, 0.15) is 6.26 Å². The highest BCUT2D eigenvalue weighted by Crippen LogP contribution is 2.12. The predicted molar refractivity (Wildman–Crippen MR) is 69.2 cm³/mol. The van der Waals surface area contributed by atoms with Crippen molar-refractivity contribution in [2.45, 2.75) is 39.9 Å². The highest BCUT2D eigenvalue weighted by molar-refractivity contribution is 6.45. The summed E-state index contributed by atoms with van der Waals surface area (Å²) < 4.78 is 18.6. The molecule has 0 aliphatic carbocycles. The summed E-state index contributed by atoms with van der Waals surface area (Å²) in [4.78, 5) is 0. The largest absolute Gasteiger partial charge is 0.498 e. The first-order chi connectivity index (χ1) is 7.61. The molecular weight excluding hydrogens is 202 g/mol. The molecule has 0 rings (SSSR count). The third-order valence-electron chi connectivity index (χ3n) is 2.07. The van der Waals surface area contributed by atoms with Crippen molar-refractivity contribution in [3.63, 3.8) is 0 Å². The van der Waals surface area contributed by atoms with Crippen molar-refractivity contribution >= 4 is 7.28 Å². The van der Waals surface area contributed by atoms with E-state index in [0.29, 0.717) is 12.1 Å². The molecule has 0 aliphatic rings. The van der Waals surface area contributed by atoms with Crippen LogP contribution in [-0.2, 0) is 4.74 Å². The van der Waals surface area contributed by atoms with E-state index in [0.717, 1.165) is 24.8 Å². The van der Waals surface area contributed by atoms with E-state index in [-0.39, 0.29) is 5.83 Å². The van der Waals surface area contributed by atoms with Crippen LogP contribution in [0, 0.1) is 0 Å². The van der Waals surface area contributed by atoms with E-state index in [1.165, 1.54) is 6.26 Å². The molecule has 0 unspecified atom stereocenters. The van der Waals surface area contributed by atoms with Crippen LogP contribution in [0.3, 0.4) is 0 Å². The third-order valence-corrected chi connectivity index (χ3v) is 2.07. The zero-order valence-corrected chi connectivity index (χ0v) is 10.6. The number of ether oxygens (including phenoxy) is 1. The van der Waals surface area contributed by atoms with Crippen LogP contribution in [0.25, 0.3) is 0 Å². The molecule has 0 heterocycles. The molecule has 3 heteroatoms. The quantitative estimate of drug-likeness (QED) is 0.197. The second kappa shape index (κ2) is 9.26. The van der Waals surface area contributed by atoms with Crippen LogP contribution in [0.4, 0.5) is 4.39 Å². The predicted octanol–water partition coefficient (Wildman–Crippen LogP) is 4.22. The standard InChI is InChI=1S/C13H21BFO/c1-5-6-7-12(14-4)13(15)10-16-9-8-11(2)3/h7,10H,2,5-6,8-9H2,1,3-4H3/b12-7+,13-10-. The Hall–Kier alpha value is -0.985. The van der Waals surface area contributed by atoms with E-state index in [2.05, 4.69) is 13.5 Å². The van der Waals surface area contributed by atoms with Crippen molar-refractivity contribution in [3.05, 3.63) is 35.8 Å². The molecule has 0 saturated heterocycles. The van der Waals surface area contributed by atoms with Crippen LogP contribution in [-0.4, -0.2) is 13.9 Å². The summed E-state index contributed by atoms with van der Waals surface area (Å²) >= 11 is 0. The molecule has 0 N–H and O–H groups in total. The van der Waals surface area contributed by atoms with Crippen LogP contribution in [0.2, 0.25) is 6.82 Å². The number of rotatable bonds is 8. The lowest BCUT2D eigenvalue weighted by molar-refractivity contribution is 0.245. The first-order valence-electron chi connectivity index (χ1n) is 5.73. The average molecular weight is 223 g/mol. The molecule has 0 bridgehead atoms. The fraction of sp³-hybridized carbons (Fsp3) is 0.538. The lowest BCUT2D eigenvalue weighted by atomic mass is 9.71. The van der Waals surface area contributed by atoms with Gasteiger partial charge >= 0.3 is 0 Å². The van der Waals surface area contributed by atoms with E-state index in [1.54, 1.807) is 7.28 Å². The minimum atomic E-state index is -0.308. The molecule has 0 spiro atoms. The van der Waals surface area contributed by atoms with E-state index in [4.69, 9.17) is 4.74 Å². The zero-order valence-electron chi connectivity index (χ0n) is 10.6. The summed E-state index contributed by atoms with van der Waals surface area (Å²) in [6.07, 6.45) is 5.72. The van der Waals surface area contributed by atoms with E-state index < -0.39 is 0 Å². The van der Waals surface area contributed by atoms with Crippen LogP contribution in [0.15, 0.2) is 35.8 Å². The highest BCUT2D eigenvalue weighted by atomic mass is 19.1. The summed E-state index contributed by atoms with van der Waals surface area (Å²) in [5.74, 6) is -0.308. The molecule has 0 aromatic carbocycles. The van der Waals surface area contributed by atoms with Gasteiger partial charge < -0.3 is 4.74 Å². The van der Waals surface area contributed by atoms with E-state index in [9.17, 15) is 4.39 Å². The maximum atomic E-state index is 13.5. The molecule has 1 radical (unpaired) electrons. The topological polar surface area (TPSA) is 9.23 Å². The molecule has 1 nitrogen and oxygen atoms in total. The maximum absolute atomic E-state index is 13.5. The van der Waals surface area contributed by atoms with Gasteiger partial charge in [-0.25, -0.2) is 4.39 Å². The molecule has 0 aliphatic heterocycles. The van der Waals surface area contributed by atoms with Crippen molar-refractivity contribution in [3.8, 4) is 0 Å². The van der Waals surface area contributed by atoms with Crippen molar-refractivity contribution in [2.24, 2.45) is 0 Å². The van der Waals surface area contributed by atoms with E-state index in [1.807, 2.05) is 19.8 Å². The van der Waals surface area contributed by atoms with Gasteiger partial charge in [-0.05, 0) is 13.3 Å². The first-order valence-corrected chi connectivity index (χ1v) is 5.73. The number of hydrogen-bond acceptors (Lipinski definition) is 1. The maximum Gasteiger partial charge on any atom is 0.151 e. The van der Waals surface area contributed by atoms with Crippen molar-refractivity contribution in [2.75, 3.05) is 6.61 Å². The fourth-order valence-electron chi connectivity index (χ4n) is 1.09. The van der Waals surface area contributed by atoms with Gasteiger partial charge in [0.25, 0.3) is 0 Å². The van der Waals surface area contributed by atoms with Crippen LogP contribution in [0.5, 0.6) is 0 Å². The Labute approximate surface area is 99.3 Å². The van der Waals surface area contributed by atoms with Gasteiger partial charge in [-0.15, -0.1) is 6.58 Å². The summed E-state index contributed by atoms with van der Waals surface area (Å²) in [6.45, 7) is 10.0. The fourth-order valence-corrected chi connectivity index (χ4v) is 1.09. The van der Waals surface area contributed by atoms with Crippen LogP contribution in [0.1, 0.15) is 33.1 Å². The first kappa shape index (κ1) is 15.0. The van der Waals surface area contributed by atoms with Gasteiger partial charge in [-0.3, -0.25) is 0 Å². The summed E-state index contributed by atoms with van der Waals surface area (Å²) in [5.41, 5.74) is 1.65. The molecule has 0 amide bonds. The Kier molecular flexibility index (Phi) is 8.69. The average Bonchev–Trinajstić information content (AvgIpc) is 2.25. The molecule has 89 valence electrons. The van der Waals surface area contributed by atoms with E-state index >= 15 is 0 Å². The van der Waals surface area contributed by atoms with Gasteiger partial charge in [-0.1, -0.05) is 37.3 Å². The van der Waals surface area contributed by atoms with Gasteiger partial charge in [0.15, 0.2) is 13.1 Å². The van der Waals surface area contributed by atoms with Crippen LogP contribution >= 0.6 is 0 Å². The molecule has 0 atom stereocenters. The number of unbranched alkanes of at least 4 members (excludes halogenated alkanes) is 1. The second-order valence-corrected chi connectivity index (χ2v) is 3.78. The molecule has 0 aromatic heterocycles. The van der Waals surface area contributed by atoms with Crippen molar-refractivity contribution in [1.82, 2.24) is 0 Å². The SMILES string of the molecule is C=C(C)CCO/C=C(F)/C([B]C)=C\CCC. The molecule has 0 fully saturated rings. The molecular formula is C13H21BFO. The summed E-state index contributed by atoms with van der Waals surface area (Å²) in [6, 6.07) is 0. The van der Waals surface area contributed by atoms with Gasteiger partial charge in [0, 0.05) is 6.42 Å². The minimum absolute atomic E-state index is 0.308. The lowest BCUT2D eigenvalue weighted by Gasteiger charge is -2.03.